The van der Waals surface area contributed by atoms with Crippen molar-refractivity contribution in [2.24, 2.45) is 0 Å². The lowest BCUT2D eigenvalue weighted by Crippen LogP contribution is -2.43. The summed E-state index contributed by atoms with van der Waals surface area (Å²) < 4.78 is 0. The smallest absolute Gasteiger partial charge is 0.337 e. The molecule has 0 amide bonds. The van der Waals surface area contributed by atoms with Crippen molar-refractivity contribution in [3.05, 3.63) is 24.0 Å². The third-order valence-electron chi connectivity index (χ3n) is 3.46. The second-order valence-corrected chi connectivity index (χ2v) is 4.77. The number of pyridine rings is 1. The maximum atomic E-state index is 10.9. The van der Waals surface area contributed by atoms with Gasteiger partial charge in [-0.3, -0.25) is 4.98 Å². The van der Waals surface area contributed by atoms with Crippen LogP contribution in [0.2, 0.25) is 0 Å². The number of piperidine rings is 1. The highest BCUT2D eigenvalue weighted by Crippen LogP contribution is 2.28. The molecule has 1 aliphatic heterocycles. The van der Waals surface area contributed by atoms with Crippen LogP contribution in [0.3, 0.4) is 0 Å². The number of aromatic nitrogens is 1. The molecule has 0 aliphatic carbocycles. The highest BCUT2D eigenvalue weighted by Gasteiger charge is 2.25. The summed E-state index contributed by atoms with van der Waals surface area (Å²) in [6.45, 7) is 4.37. The quantitative estimate of drug-likeness (QED) is 0.854. The lowest BCUT2D eigenvalue weighted by molar-refractivity contribution is 0.0696. The van der Waals surface area contributed by atoms with E-state index in [9.17, 15) is 4.79 Å². The Kier molecular flexibility index (Phi) is 3.31. The number of hydrogen-bond donors (Lipinski definition) is 1. The third kappa shape index (κ3) is 2.40. The minimum Gasteiger partial charge on any atom is -0.478 e. The molecule has 1 aromatic heterocycles. The molecule has 0 saturated carbocycles. The van der Waals surface area contributed by atoms with Crippen LogP contribution in [0.25, 0.3) is 0 Å². The fourth-order valence-electron chi connectivity index (χ4n) is 2.62. The first-order valence-corrected chi connectivity index (χ1v) is 6.06. The van der Waals surface area contributed by atoms with E-state index in [2.05, 4.69) is 23.7 Å². The Morgan fingerprint density at radius 3 is 2.59 bits per heavy atom. The average Bonchev–Trinajstić information content (AvgIpc) is 2.29. The molecule has 1 aromatic rings. The fraction of sp³-hybridized carbons (Fsp3) is 0.538. The van der Waals surface area contributed by atoms with Crippen LogP contribution in [0, 0.1) is 0 Å². The number of anilines is 1. The number of hydrogen-bond acceptors (Lipinski definition) is 3. The minimum atomic E-state index is -0.920. The Balaban J connectivity index is 2.31. The summed E-state index contributed by atoms with van der Waals surface area (Å²) in [5.74, 6) is -0.920. The van der Waals surface area contributed by atoms with Gasteiger partial charge in [-0.25, -0.2) is 4.79 Å². The number of carbonyl (C=O) groups is 1. The highest BCUT2D eigenvalue weighted by molar-refractivity contribution is 5.88. The van der Waals surface area contributed by atoms with Gasteiger partial charge in [0.15, 0.2) is 0 Å². The van der Waals surface area contributed by atoms with Gasteiger partial charge in [0.05, 0.1) is 17.4 Å². The van der Waals surface area contributed by atoms with Crippen LogP contribution in [0.1, 0.15) is 43.5 Å². The van der Waals surface area contributed by atoms with E-state index < -0.39 is 5.97 Å². The van der Waals surface area contributed by atoms with Crippen LogP contribution >= 0.6 is 0 Å². The van der Waals surface area contributed by atoms with Gasteiger partial charge in [0.1, 0.15) is 0 Å². The standard InChI is InChI=1S/C13H18N2O2/c1-9-4-3-5-10(2)15(9)12-6-11(13(16)17)7-14-8-12/h6-10H,3-5H2,1-2H3,(H,16,17)/t9-,10+. The molecule has 1 aliphatic rings. The summed E-state index contributed by atoms with van der Waals surface area (Å²) >= 11 is 0. The molecule has 1 fully saturated rings. The van der Waals surface area contributed by atoms with Gasteiger partial charge < -0.3 is 10.0 Å². The van der Waals surface area contributed by atoms with E-state index in [-0.39, 0.29) is 5.56 Å². The Morgan fingerprint density at radius 2 is 2.00 bits per heavy atom. The van der Waals surface area contributed by atoms with Gasteiger partial charge in [0.2, 0.25) is 0 Å². The Hall–Kier alpha value is -1.58. The molecule has 2 rings (SSSR count). The molecule has 0 radical (unpaired) electrons. The summed E-state index contributed by atoms with van der Waals surface area (Å²) in [7, 11) is 0. The number of nitrogens with zero attached hydrogens (tertiary/aromatic N) is 2. The van der Waals surface area contributed by atoms with Crippen molar-refractivity contribution in [3.8, 4) is 0 Å². The number of aromatic carboxylic acids is 1. The zero-order valence-corrected chi connectivity index (χ0v) is 10.3. The molecular weight excluding hydrogens is 216 g/mol. The van der Waals surface area contributed by atoms with E-state index in [1.54, 1.807) is 12.3 Å². The van der Waals surface area contributed by atoms with Crippen LogP contribution < -0.4 is 4.90 Å². The SMILES string of the molecule is C[C@@H]1CCC[C@H](C)N1c1cncc(C(=O)O)c1. The van der Waals surface area contributed by atoms with E-state index >= 15 is 0 Å². The molecule has 2 atom stereocenters. The largest absolute Gasteiger partial charge is 0.478 e. The van der Waals surface area contributed by atoms with E-state index in [4.69, 9.17) is 5.11 Å². The molecule has 17 heavy (non-hydrogen) atoms. The van der Waals surface area contributed by atoms with Crippen LogP contribution in [0.4, 0.5) is 5.69 Å². The summed E-state index contributed by atoms with van der Waals surface area (Å²) in [6.07, 6.45) is 6.70. The van der Waals surface area contributed by atoms with Gasteiger partial charge in [0.25, 0.3) is 0 Å². The lowest BCUT2D eigenvalue weighted by atomic mass is 9.97. The van der Waals surface area contributed by atoms with Crippen molar-refractivity contribution in [3.63, 3.8) is 0 Å². The first kappa shape index (κ1) is 11.9. The molecular formula is C13H18N2O2. The molecule has 0 aromatic carbocycles. The highest BCUT2D eigenvalue weighted by atomic mass is 16.4. The molecule has 0 bridgehead atoms. The Morgan fingerprint density at radius 1 is 1.35 bits per heavy atom. The molecule has 1 N–H and O–H groups in total. The van der Waals surface area contributed by atoms with Gasteiger partial charge in [-0.15, -0.1) is 0 Å². The predicted octanol–water partition coefficient (Wildman–Crippen LogP) is 2.55. The fourth-order valence-corrected chi connectivity index (χ4v) is 2.62. The normalized spacial score (nSPS) is 24.7. The first-order valence-electron chi connectivity index (χ1n) is 6.06. The van der Waals surface area contributed by atoms with Crippen molar-refractivity contribution in [1.82, 2.24) is 4.98 Å². The molecule has 0 unspecified atom stereocenters. The second kappa shape index (κ2) is 4.73. The third-order valence-corrected chi connectivity index (χ3v) is 3.46. The molecule has 0 spiro atoms. The van der Waals surface area contributed by atoms with Gasteiger partial charge >= 0.3 is 5.97 Å². The van der Waals surface area contributed by atoms with Gasteiger partial charge in [-0.05, 0) is 39.2 Å². The van der Waals surface area contributed by atoms with Crippen molar-refractivity contribution >= 4 is 11.7 Å². The van der Waals surface area contributed by atoms with Crippen molar-refractivity contribution < 1.29 is 9.90 Å². The Bertz CT molecular complexity index is 410. The molecule has 92 valence electrons. The maximum Gasteiger partial charge on any atom is 0.337 e. The van der Waals surface area contributed by atoms with Crippen LogP contribution in [-0.4, -0.2) is 28.1 Å². The van der Waals surface area contributed by atoms with Crippen molar-refractivity contribution in [2.45, 2.75) is 45.2 Å². The number of rotatable bonds is 2. The molecule has 4 nitrogen and oxygen atoms in total. The second-order valence-electron chi connectivity index (χ2n) is 4.77. The monoisotopic (exact) mass is 234 g/mol. The van der Waals surface area contributed by atoms with E-state index in [0.717, 1.165) is 18.5 Å². The average molecular weight is 234 g/mol. The summed E-state index contributed by atoms with van der Waals surface area (Å²) in [5.41, 5.74) is 1.18. The maximum absolute atomic E-state index is 10.9. The van der Waals surface area contributed by atoms with Gasteiger partial charge in [0, 0.05) is 18.3 Å². The van der Waals surface area contributed by atoms with Gasteiger partial charge in [-0.2, -0.15) is 0 Å². The van der Waals surface area contributed by atoms with Crippen LogP contribution in [0.5, 0.6) is 0 Å². The zero-order valence-electron chi connectivity index (χ0n) is 10.3. The Labute approximate surface area is 101 Å². The van der Waals surface area contributed by atoms with Crippen LogP contribution in [-0.2, 0) is 0 Å². The molecule has 1 saturated heterocycles. The molecule has 4 heteroatoms. The number of carboxylic acid groups (broad SMARTS) is 1. The summed E-state index contributed by atoms with van der Waals surface area (Å²) in [5, 5.41) is 8.98. The minimum absolute atomic E-state index is 0.257. The predicted molar refractivity (Wildman–Crippen MR) is 66.5 cm³/mol. The zero-order chi connectivity index (χ0) is 12.4. The van der Waals surface area contributed by atoms with E-state index in [1.807, 2.05) is 0 Å². The number of carboxylic acids is 1. The molecule has 2 heterocycles. The van der Waals surface area contributed by atoms with Crippen molar-refractivity contribution in [1.29, 1.82) is 0 Å². The lowest BCUT2D eigenvalue weighted by Gasteiger charge is -2.40. The van der Waals surface area contributed by atoms with Crippen molar-refractivity contribution in [2.75, 3.05) is 4.90 Å². The van der Waals surface area contributed by atoms with E-state index in [0.29, 0.717) is 12.1 Å². The topological polar surface area (TPSA) is 53.4 Å². The summed E-state index contributed by atoms with van der Waals surface area (Å²) in [6, 6.07) is 2.61. The van der Waals surface area contributed by atoms with Crippen LogP contribution in [0.15, 0.2) is 18.5 Å². The van der Waals surface area contributed by atoms with E-state index in [1.165, 1.54) is 12.6 Å². The first-order chi connectivity index (χ1) is 8.09. The summed E-state index contributed by atoms with van der Waals surface area (Å²) in [4.78, 5) is 17.2. The van der Waals surface area contributed by atoms with Gasteiger partial charge in [-0.1, -0.05) is 0 Å².